The number of carboxylic acids is 2. The van der Waals surface area contributed by atoms with Gasteiger partial charge in [0, 0.05) is 12.8 Å². The third-order valence-electron chi connectivity index (χ3n) is 7.94. The maximum absolute atomic E-state index is 11.6. The maximum Gasteiger partial charge on any atom is 0.303 e. The molecule has 0 saturated carbocycles. The van der Waals surface area contributed by atoms with Gasteiger partial charge in [0.05, 0.1) is 0 Å². The summed E-state index contributed by atoms with van der Waals surface area (Å²) < 4.78 is 0. The summed E-state index contributed by atoms with van der Waals surface area (Å²) in [5, 5.41) is 18.8. The third-order valence-corrected chi connectivity index (χ3v) is 7.94. The van der Waals surface area contributed by atoms with Crippen LogP contribution in [0, 0.1) is 11.8 Å². The molecule has 0 aliphatic carbocycles. The van der Waals surface area contributed by atoms with E-state index in [0.29, 0.717) is 6.42 Å². The summed E-state index contributed by atoms with van der Waals surface area (Å²) in [6, 6.07) is 0. The van der Waals surface area contributed by atoms with E-state index in [4.69, 9.17) is 0 Å². The van der Waals surface area contributed by atoms with Crippen LogP contribution in [0.1, 0.15) is 181 Å². The summed E-state index contributed by atoms with van der Waals surface area (Å²) in [5.41, 5.74) is 0. The summed E-state index contributed by atoms with van der Waals surface area (Å²) in [6.45, 7) is 4.51. The topological polar surface area (TPSA) is 74.6 Å². The molecule has 4 heteroatoms. The van der Waals surface area contributed by atoms with Crippen LogP contribution >= 0.6 is 0 Å². The first-order valence-electron chi connectivity index (χ1n) is 15.9. The first-order valence-corrected chi connectivity index (χ1v) is 15.9. The largest absolute Gasteiger partial charge is 0.481 e. The zero-order valence-corrected chi connectivity index (χ0v) is 24.3. The fraction of sp³-hybridized carbons (Fsp3) is 0.938. The molecule has 0 bridgehead atoms. The van der Waals surface area contributed by atoms with E-state index in [9.17, 15) is 19.8 Å². The highest BCUT2D eigenvalue weighted by Gasteiger charge is 2.24. The first kappa shape index (κ1) is 34.9. The Morgan fingerprint density at radius 3 is 1.11 bits per heavy atom. The number of carbonyl (C=O) groups is 2. The SMILES string of the molecule is CCCCCCCCCCCCC[C@H](CC(=O)O)[C@@H](CCCCCCCCCCCC)CCC(=O)O. The Morgan fingerprint density at radius 2 is 0.778 bits per heavy atom. The van der Waals surface area contributed by atoms with Gasteiger partial charge in [-0.3, -0.25) is 9.59 Å². The van der Waals surface area contributed by atoms with Crippen molar-refractivity contribution in [3.63, 3.8) is 0 Å². The monoisotopic (exact) mass is 510 g/mol. The van der Waals surface area contributed by atoms with Gasteiger partial charge in [-0.05, 0) is 24.7 Å². The Hall–Kier alpha value is -1.06. The summed E-state index contributed by atoms with van der Waals surface area (Å²) in [6.07, 6.45) is 30.1. The van der Waals surface area contributed by atoms with E-state index in [1.165, 1.54) is 122 Å². The second-order valence-electron chi connectivity index (χ2n) is 11.3. The Morgan fingerprint density at radius 1 is 0.444 bits per heavy atom. The van der Waals surface area contributed by atoms with Crippen LogP contribution < -0.4 is 0 Å². The van der Waals surface area contributed by atoms with Crippen LogP contribution in [0.5, 0.6) is 0 Å². The number of hydrogen-bond acceptors (Lipinski definition) is 2. The van der Waals surface area contributed by atoms with Crippen LogP contribution in [-0.4, -0.2) is 22.2 Å². The van der Waals surface area contributed by atoms with E-state index in [2.05, 4.69) is 13.8 Å². The molecule has 0 spiro atoms. The molecule has 0 rings (SSSR count). The summed E-state index contributed by atoms with van der Waals surface area (Å²) in [7, 11) is 0. The molecule has 0 saturated heterocycles. The molecule has 0 aromatic rings. The van der Waals surface area contributed by atoms with Gasteiger partial charge in [0.25, 0.3) is 0 Å². The second-order valence-corrected chi connectivity index (χ2v) is 11.3. The molecule has 214 valence electrons. The highest BCUT2D eigenvalue weighted by Crippen LogP contribution is 2.31. The predicted octanol–water partition coefficient (Wildman–Crippen LogP) is 10.6. The quantitative estimate of drug-likeness (QED) is 0.0981. The molecule has 0 aliphatic rings. The molecule has 0 fully saturated rings. The third kappa shape index (κ3) is 24.6. The van der Waals surface area contributed by atoms with Crippen molar-refractivity contribution in [2.45, 2.75) is 181 Å². The van der Waals surface area contributed by atoms with Crippen molar-refractivity contribution < 1.29 is 19.8 Å². The molecule has 2 N–H and O–H groups in total. The van der Waals surface area contributed by atoms with E-state index in [1.54, 1.807) is 0 Å². The zero-order chi connectivity index (χ0) is 26.7. The highest BCUT2D eigenvalue weighted by molar-refractivity contribution is 5.67. The minimum Gasteiger partial charge on any atom is -0.481 e. The molecule has 0 heterocycles. The lowest BCUT2D eigenvalue weighted by molar-refractivity contribution is -0.138. The summed E-state index contributed by atoms with van der Waals surface area (Å²) in [4.78, 5) is 22.8. The van der Waals surface area contributed by atoms with E-state index in [-0.39, 0.29) is 24.7 Å². The van der Waals surface area contributed by atoms with E-state index >= 15 is 0 Å². The average Bonchev–Trinajstić information content (AvgIpc) is 2.84. The van der Waals surface area contributed by atoms with Gasteiger partial charge in [-0.15, -0.1) is 0 Å². The molecule has 36 heavy (non-hydrogen) atoms. The van der Waals surface area contributed by atoms with Crippen LogP contribution in [0.3, 0.4) is 0 Å². The normalized spacial score (nSPS) is 13.1. The minimum atomic E-state index is -0.758. The fourth-order valence-corrected chi connectivity index (χ4v) is 5.62. The van der Waals surface area contributed by atoms with Crippen LogP contribution in [0.15, 0.2) is 0 Å². The maximum atomic E-state index is 11.6. The van der Waals surface area contributed by atoms with Gasteiger partial charge in [0.15, 0.2) is 0 Å². The van der Waals surface area contributed by atoms with Crippen molar-refractivity contribution in [2.75, 3.05) is 0 Å². The van der Waals surface area contributed by atoms with Crippen LogP contribution in [0.25, 0.3) is 0 Å². The first-order chi connectivity index (χ1) is 17.5. The van der Waals surface area contributed by atoms with Gasteiger partial charge >= 0.3 is 11.9 Å². The lowest BCUT2D eigenvalue weighted by atomic mass is 9.79. The highest BCUT2D eigenvalue weighted by atomic mass is 16.4. The molecular weight excluding hydrogens is 448 g/mol. The molecule has 0 amide bonds. The molecule has 0 unspecified atom stereocenters. The van der Waals surface area contributed by atoms with Gasteiger partial charge in [0.2, 0.25) is 0 Å². The van der Waals surface area contributed by atoms with Gasteiger partial charge in [0.1, 0.15) is 0 Å². The number of unbranched alkanes of at least 4 members (excludes halogenated alkanes) is 19. The van der Waals surface area contributed by atoms with Gasteiger partial charge in [-0.25, -0.2) is 0 Å². The number of aliphatic carboxylic acids is 2. The fourth-order valence-electron chi connectivity index (χ4n) is 5.62. The van der Waals surface area contributed by atoms with Gasteiger partial charge < -0.3 is 10.2 Å². The lowest BCUT2D eigenvalue weighted by Crippen LogP contribution is -2.20. The molecule has 0 aromatic carbocycles. The molecule has 0 aromatic heterocycles. The Labute approximate surface area is 224 Å². The molecule has 0 aliphatic heterocycles. The van der Waals surface area contributed by atoms with Gasteiger partial charge in [-0.2, -0.15) is 0 Å². The molecule has 4 nitrogen and oxygen atoms in total. The van der Waals surface area contributed by atoms with Crippen molar-refractivity contribution in [3.8, 4) is 0 Å². The average molecular weight is 511 g/mol. The Bertz CT molecular complexity index is 491. The predicted molar refractivity (Wildman–Crippen MR) is 154 cm³/mol. The van der Waals surface area contributed by atoms with E-state index in [0.717, 1.165) is 25.7 Å². The molecular formula is C32H62O4. The molecule has 2 atom stereocenters. The lowest BCUT2D eigenvalue weighted by Gasteiger charge is -2.26. The van der Waals surface area contributed by atoms with Crippen LogP contribution in [-0.2, 0) is 9.59 Å². The smallest absolute Gasteiger partial charge is 0.303 e. The minimum absolute atomic E-state index is 0.124. The van der Waals surface area contributed by atoms with Crippen LogP contribution in [0.2, 0.25) is 0 Å². The summed E-state index contributed by atoms with van der Waals surface area (Å²) >= 11 is 0. The molecule has 0 radical (unpaired) electrons. The van der Waals surface area contributed by atoms with Crippen molar-refractivity contribution in [1.82, 2.24) is 0 Å². The standard InChI is InChI=1S/C32H62O4/c1-3-5-7-9-11-13-15-17-19-21-23-25-30(28-32(35)36)29(26-27-31(33)34)24-22-20-18-16-14-12-10-8-6-4-2/h29-30H,3-28H2,1-2H3,(H,33,34)(H,35,36)/t29-,30+/m0/s1. The van der Waals surface area contributed by atoms with E-state index < -0.39 is 11.9 Å². The van der Waals surface area contributed by atoms with Gasteiger partial charge in [-0.1, -0.05) is 155 Å². The number of hydrogen-bond donors (Lipinski definition) is 2. The van der Waals surface area contributed by atoms with Crippen molar-refractivity contribution in [1.29, 1.82) is 0 Å². The van der Waals surface area contributed by atoms with Crippen molar-refractivity contribution in [3.05, 3.63) is 0 Å². The number of rotatable bonds is 29. The Kier molecular flexibility index (Phi) is 26.2. The summed E-state index contributed by atoms with van der Waals surface area (Å²) in [5.74, 6) is -1.13. The van der Waals surface area contributed by atoms with E-state index in [1.807, 2.05) is 0 Å². The number of carboxylic acid groups (broad SMARTS) is 2. The second kappa shape index (κ2) is 27.0. The van der Waals surface area contributed by atoms with Crippen molar-refractivity contribution in [2.24, 2.45) is 11.8 Å². The van der Waals surface area contributed by atoms with Crippen molar-refractivity contribution >= 4 is 11.9 Å². The Balaban J connectivity index is 4.25. The zero-order valence-electron chi connectivity index (χ0n) is 24.3. The van der Waals surface area contributed by atoms with Crippen LogP contribution in [0.4, 0.5) is 0 Å².